The number of carboxylic acids is 1. The van der Waals surface area contributed by atoms with Crippen LogP contribution in [0, 0.1) is 5.92 Å². The Balaban J connectivity index is 2.47. The quantitative estimate of drug-likeness (QED) is 0.691. The van der Waals surface area contributed by atoms with E-state index in [0.717, 1.165) is 0 Å². The number of carbonyl (C=O) groups is 1. The van der Waals surface area contributed by atoms with E-state index in [2.05, 4.69) is 20.3 Å². The van der Waals surface area contributed by atoms with Crippen molar-refractivity contribution in [3.05, 3.63) is 5.82 Å². The molecule has 0 radical (unpaired) electrons. The van der Waals surface area contributed by atoms with Crippen molar-refractivity contribution in [3.63, 3.8) is 0 Å². The van der Waals surface area contributed by atoms with Gasteiger partial charge in [0.2, 0.25) is 0 Å². The Morgan fingerprint density at radius 2 is 2.19 bits per heavy atom. The summed E-state index contributed by atoms with van der Waals surface area (Å²) in [5.41, 5.74) is 0. The molecule has 21 heavy (non-hydrogen) atoms. The van der Waals surface area contributed by atoms with Gasteiger partial charge in [-0.25, -0.2) is 4.68 Å². The average Bonchev–Trinajstić information content (AvgIpc) is 2.79. The SMILES string of the molecule is CCC(CC(=O)O)Cn1nnnc1CCOCC(F)(F)F. The summed E-state index contributed by atoms with van der Waals surface area (Å²) in [5, 5.41) is 19.7. The van der Waals surface area contributed by atoms with E-state index in [9.17, 15) is 18.0 Å². The highest BCUT2D eigenvalue weighted by Gasteiger charge is 2.27. The summed E-state index contributed by atoms with van der Waals surface area (Å²) in [5.74, 6) is -0.674. The van der Waals surface area contributed by atoms with Gasteiger partial charge in [-0.1, -0.05) is 13.3 Å². The van der Waals surface area contributed by atoms with Gasteiger partial charge in [0.25, 0.3) is 0 Å². The number of carboxylic acid groups (broad SMARTS) is 1. The van der Waals surface area contributed by atoms with Crippen LogP contribution in [0.5, 0.6) is 0 Å². The van der Waals surface area contributed by atoms with E-state index in [1.54, 1.807) is 0 Å². The second kappa shape index (κ2) is 7.91. The lowest BCUT2D eigenvalue weighted by Crippen LogP contribution is -2.20. The fraction of sp³-hybridized carbons (Fsp3) is 0.818. The van der Waals surface area contributed by atoms with Gasteiger partial charge in [-0.15, -0.1) is 5.10 Å². The molecule has 1 heterocycles. The van der Waals surface area contributed by atoms with Gasteiger partial charge >= 0.3 is 12.1 Å². The Labute approximate surface area is 119 Å². The smallest absolute Gasteiger partial charge is 0.411 e. The Bertz CT molecular complexity index is 450. The van der Waals surface area contributed by atoms with E-state index in [0.29, 0.717) is 18.8 Å². The Morgan fingerprint density at radius 3 is 2.76 bits per heavy atom. The van der Waals surface area contributed by atoms with Gasteiger partial charge in [-0.2, -0.15) is 13.2 Å². The van der Waals surface area contributed by atoms with Crippen molar-refractivity contribution in [1.82, 2.24) is 20.2 Å². The summed E-state index contributed by atoms with van der Waals surface area (Å²) in [7, 11) is 0. The molecule has 120 valence electrons. The minimum Gasteiger partial charge on any atom is -0.481 e. The third kappa shape index (κ3) is 7.02. The number of rotatable bonds is 9. The van der Waals surface area contributed by atoms with Crippen molar-refractivity contribution in [2.75, 3.05) is 13.2 Å². The van der Waals surface area contributed by atoms with Crippen molar-refractivity contribution in [2.24, 2.45) is 5.92 Å². The molecule has 0 aliphatic rings. The number of tetrazole rings is 1. The van der Waals surface area contributed by atoms with E-state index in [-0.39, 0.29) is 25.4 Å². The number of nitrogens with zero attached hydrogens (tertiary/aromatic N) is 4. The van der Waals surface area contributed by atoms with Crippen LogP contribution in [-0.2, 0) is 22.5 Å². The van der Waals surface area contributed by atoms with E-state index in [4.69, 9.17) is 5.11 Å². The molecular formula is C11H17F3N4O3. The fourth-order valence-electron chi connectivity index (χ4n) is 1.72. The van der Waals surface area contributed by atoms with E-state index in [1.807, 2.05) is 6.92 Å². The maximum absolute atomic E-state index is 11.9. The van der Waals surface area contributed by atoms with Crippen molar-refractivity contribution >= 4 is 5.97 Å². The zero-order valence-electron chi connectivity index (χ0n) is 11.5. The van der Waals surface area contributed by atoms with Gasteiger partial charge in [0.05, 0.1) is 6.61 Å². The lowest BCUT2D eigenvalue weighted by Gasteiger charge is -2.13. The van der Waals surface area contributed by atoms with Crippen LogP contribution in [0.15, 0.2) is 0 Å². The topological polar surface area (TPSA) is 90.1 Å². The molecule has 0 fully saturated rings. The Kier molecular flexibility index (Phi) is 6.53. The molecule has 10 heteroatoms. The molecule has 1 N–H and O–H groups in total. The predicted molar refractivity (Wildman–Crippen MR) is 64.4 cm³/mol. The van der Waals surface area contributed by atoms with Crippen molar-refractivity contribution in [1.29, 1.82) is 0 Å². The molecule has 1 aromatic heterocycles. The molecule has 0 aliphatic carbocycles. The van der Waals surface area contributed by atoms with E-state index < -0.39 is 18.8 Å². The molecule has 7 nitrogen and oxygen atoms in total. The van der Waals surface area contributed by atoms with Crippen LogP contribution in [0.4, 0.5) is 13.2 Å². The van der Waals surface area contributed by atoms with Crippen molar-refractivity contribution in [3.8, 4) is 0 Å². The molecular weight excluding hydrogens is 293 g/mol. The zero-order valence-corrected chi connectivity index (χ0v) is 11.5. The standard InChI is InChI=1S/C11H17F3N4O3/c1-2-8(5-10(19)20)6-18-9(15-16-17-18)3-4-21-7-11(12,13)14/h8H,2-7H2,1H3,(H,19,20). The van der Waals surface area contributed by atoms with Crippen LogP contribution in [0.25, 0.3) is 0 Å². The van der Waals surface area contributed by atoms with Crippen LogP contribution in [0.2, 0.25) is 0 Å². The second-order valence-electron chi connectivity index (χ2n) is 4.57. The maximum atomic E-state index is 11.9. The minimum absolute atomic E-state index is 0.0135. The van der Waals surface area contributed by atoms with Crippen molar-refractivity contribution in [2.45, 2.75) is 38.9 Å². The molecule has 0 spiro atoms. The molecule has 0 bridgehead atoms. The summed E-state index contributed by atoms with van der Waals surface area (Å²) in [4.78, 5) is 10.7. The van der Waals surface area contributed by atoms with Gasteiger partial charge in [-0.3, -0.25) is 4.79 Å². The number of alkyl halides is 3. The first-order valence-electron chi connectivity index (χ1n) is 6.43. The van der Waals surface area contributed by atoms with Crippen molar-refractivity contribution < 1.29 is 27.8 Å². The summed E-state index contributed by atoms with van der Waals surface area (Å²) >= 11 is 0. The van der Waals surface area contributed by atoms with Crippen LogP contribution in [-0.4, -0.2) is 50.7 Å². The van der Waals surface area contributed by atoms with Gasteiger partial charge in [-0.05, 0) is 16.3 Å². The third-order valence-corrected chi connectivity index (χ3v) is 2.81. The first-order valence-corrected chi connectivity index (χ1v) is 6.43. The molecule has 0 aliphatic heterocycles. The lowest BCUT2D eigenvalue weighted by atomic mass is 10.0. The highest BCUT2D eigenvalue weighted by Crippen LogP contribution is 2.15. The number of hydrogen-bond donors (Lipinski definition) is 1. The highest BCUT2D eigenvalue weighted by atomic mass is 19.4. The summed E-state index contributed by atoms with van der Waals surface area (Å²) in [6.45, 7) is 0.690. The van der Waals surface area contributed by atoms with Crippen LogP contribution >= 0.6 is 0 Å². The molecule has 1 aromatic rings. The number of hydrogen-bond acceptors (Lipinski definition) is 5. The average molecular weight is 310 g/mol. The number of halogens is 3. The normalized spacial score (nSPS) is 13.3. The molecule has 0 amide bonds. The molecule has 1 rings (SSSR count). The summed E-state index contributed by atoms with van der Waals surface area (Å²) in [6.07, 6.45) is -3.61. The van der Waals surface area contributed by atoms with Gasteiger partial charge in [0.15, 0.2) is 5.82 Å². The van der Waals surface area contributed by atoms with Gasteiger partial charge in [0, 0.05) is 19.4 Å². The molecule has 0 saturated carbocycles. The van der Waals surface area contributed by atoms with Gasteiger partial charge < -0.3 is 9.84 Å². The van der Waals surface area contributed by atoms with Gasteiger partial charge in [0.1, 0.15) is 6.61 Å². The number of aromatic nitrogens is 4. The highest BCUT2D eigenvalue weighted by molar-refractivity contribution is 5.66. The van der Waals surface area contributed by atoms with E-state index >= 15 is 0 Å². The Hall–Kier alpha value is -1.71. The fourth-order valence-corrected chi connectivity index (χ4v) is 1.72. The number of aliphatic carboxylic acids is 1. The third-order valence-electron chi connectivity index (χ3n) is 2.81. The van der Waals surface area contributed by atoms with Crippen LogP contribution < -0.4 is 0 Å². The lowest BCUT2D eigenvalue weighted by molar-refractivity contribution is -0.173. The second-order valence-corrected chi connectivity index (χ2v) is 4.57. The Morgan fingerprint density at radius 1 is 1.48 bits per heavy atom. The maximum Gasteiger partial charge on any atom is 0.411 e. The molecule has 1 atom stereocenters. The first kappa shape index (κ1) is 17.3. The number of ether oxygens (including phenoxy) is 1. The monoisotopic (exact) mass is 310 g/mol. The first-order chi connectivity index (χ1) is 9.81. The largest absolute Gasteiger partial charge is 0.481 e. The minimum atomic E-state index is -4.36. The zero-order chi connectivity index (χ0) is 15.9. The summed E-state index contributed by atoms with van der Waals surface area (Å²) < 4.78 is 41.6. The van der Waals surface area contributed by atoms with Crippen LogP contribution in [0.3, 0.4) is 0 Å². The summed E-state index contributed by atoms with van der Waals surface area (Å²) in [6, 6.07) is 0. The molecule has 0 aromatic carbocycles. The molecule has 1 unspecified atom stereocenters. The van der Waals surface area contributed by atoms with E-state index in [1.165, 1.54) is 4.68 Å². The predicted octanol–water partition coefficient (Wildman–Crippen LogP) is 1.30. The molecule has 0 saturated heterocycles. The van der Waals surface area contributed by atoms with Crippen LogP contribution in [0.1, 0.15) is 25.6 Å².